The number of aryl methyl sites for hydroxylation is 1. The number of anilines is 1. The molecule has 1 aliphatic heterocycles. The number of carbonyl (C=O) groups is 1. The highest BCUT2D eigenvalue weighted by atomic mass is 32.2. The summed E-state index contributed by atoms with van der Waals surface area (Å²) in [5.41, 5.74) is -0.286. The van der Waals surface area contributed by atoms with Crippen LogP contribution in [0.25, 0.3) is 0 Å². The van der Waals surface area contributed by atoms with Crippen LogP contribution in [-0.2, 0) is 22.6 Å². The van der Waals surface area contributed by atoms with E-state index in [9.17, 15) is 26.4 Å². The van der Waals surface area contributed by atoms with Crippen LogP contribution in [0.2, 0.25) is 0 Å². The molecule has 2 N–H and O–H groups in total. The Kier molecular flexibility index (Phi) is 6.89. The van der Waals surface area contributed by atoms with Gasteiger partial charge in [-0.05, 0) is 63.8 Å². The minimum Gasteiger partial charge on any atom is -0.324 e. The van der Waals surface area contributed by atoms with Crippen LogP contribution in [0.5, 0.6) is 0 Å². The maximum atomic E-state index is 13.0. The van der Waals surface area contributed by atoms with Gasteiger partial charge in [0.05, 0.1) is 10.3 Å². The first-order chi connectivity index (χ1) is 13.2. The van der Waals surface area contributed by atoms with E-state index in [-0.39, 0.29) is 18.0 Å². The molecule has 1 aliphatic rings. The van der Waals surface area contributed by atoms with Crippen LogP contribution < -0.4 is 10.0 Å². The summed E-state index contributed by atoms with van der Waals surface area (Å²) in [6.07, 6.45) is -3.31. The van der Waals surface area contributed by atoms with Crippen LogP contribution in [0.3, 0.4) is 0 Å². The average molecular weight is 436 g/mol. The number of sulfonamides is 1. The van der Waals surface area contributed by atoms with E-state index in [0.29, 0.717) is 31.6 Å². The number of hydrogen-bond acceptors (Lipinski definition) is 3. The number of urea groups is 1. The molecule has 0 saturated carbocycles. The predicted molar refractivity (Wildman–Crippen MR) is 106 cm³/mol. The Balaban J connectivity index is 1.97. The molecule has 0 bridgehead atoms. The van der Waals surface area contributed by atoms with Gasteiger partial charge in [0, 0.05) is 24.8 Å². The van der Waals surface area contributed by atoms with E-state index in [1.165, 1.54) is 17.0 Å². The maximum absolute atomic E-state index is 13.0. The predicted octanol–water partition coefficient (Wildman–Crippen LogP) is 3.98. The standard InChI is InChI=1S/C19H28F3N3O3S/c1-5-13-12-15(6-7-16(13)19(20,21)22)23-17(26)25-10-8-14(9-11-25)24-29(27,28)18(2,3)4/h6-7,12,14,24H,5,8-11H2,1-4H3,(H,23,26). The van der Waals surface area contributed by atoms with Crippen molar-refractivity contribution in [2.75, 3.05) is 18.4 Å². The molecule has 1 aromatic carbocycles. The summed E-state index contributed by atoms with van der Waals surface area (Å²) in [5.74, 6) is 0. The fraction of sp³-hybridized carbons (Fsp3) is 0.632. The van der Waals surface area contributed by atoms with Gasteiger partial charge in [-0.25, -0.2) is 17.9 Å². The third-order valence-corrected chi connectivity index (χ3v) is 7.21. The van der Waals surface area contributed by atoms with Gasteiger partial charge in [-0.1, -0.05) is 6.92 Å². The molecule has 0 aromatic heterocycles. The van der Waals surface area contributed by atoms with Crippen molar-refractivity contribution in [3.05, 3.63) is 29.3 Å². The number of alkyl halides is 3. The van der Waals surface area contributed by atoms with E-state index in [1.54, 1.807) is 27.7 Å². The Morgan fingerprint density at radius 2 is 1.76 bits per heavy atom. The van der Waals surface area contributed by atoms with Gasteiger partial charge in [-0.15, -0.1) is 0 Å². The van der Waals surface area contributed by atoms with E-state index >= 15 is 0 Å². The summed E-state index contributed by atoms with van der Waals surface area (Å²) < 4.78 is 65.3. The number of nitrogens with zero attached hydrogens (tertiary/aromatic N) is 1. The molecule has 0 atom stereocenters. The SMILES string of the molecule is CCc1cc(NC(=O)N2CCC(NS(=O)(=O)C(C)(C)C)CC2)ccc1C(F)(F)F. The number of halogens is 3. The molecule has 1 saturated heterocycles. The van der Waals surface area contributed by atoms with E-state index in [1.807, 2.05) is 0 Å². The van der Waals surface area contributed by atoms with Crippen LogP contribution >= 0.6 is 0 Å². The highest BCUT2D eigenvalue weighted by Crippen LogP contribution is 2.33. The van der Waals surface area contributed by atoms with E-state index in [2.05, 4.69) is 10.0 Å². The number of carbonyl (C=O) groups excluding carboxylic acids is 1. The topological polar surface area (TPSA) is 78.5 Å². The highest BCUT2D eigenvalue weighted by Gasteiger charge is 2.34. The summed E-state index contributed by atoms with van der Waals surface area (Å²) in [5, 5.41) is 2.63. The van der Waals surface area contributed by atoms with Crippen molar-refractivity contribution in [3.63, 3.8) is 0 Å². The summed E-state index contributed by atoms with van der Waals surface area (Å²) >= 11 is 0. The van der Waals surface area contributed by atoms with Gasteiger partial charge >= 0.3 is 12.2 Å². The van der Waals surface area contributed by atoms with Crippen LogP contribution in [0.15, 0.2) is 18.2 Å². The first-order valence-electron chi connectivity index (χ1n) is 9.52. The van der Waals surface area contributed by atoms with Crippen molar-refractivity contribution >= 4 is 21.7 Å². The van der Waals surface area contributed by atoms with Gasteiger partial charge in [0.2, 0.25) is 10.0 Å². The number of rotatable bonds is 4. The maximum Gasteiger partial charge on any atom is 0.416 e. The molecule has 1 aromatic rings. The molecule has 1 fully saturated rings. The smallest absolute Gasteiger partial charge is 0.324 e. The Hall–Kier alpha value is -1.81. The van der Waals surface area contributed by atoms with E-state index < -0.39 is 32.5 Å². The molecule has 10 heteroatoms. The van der Waals surface area contributed by atoms with Crippen molar-refractivity contribution in [1.82, 2.24) is 9.62 Å². The summed E-state index contributed by atoms with van der Waals surface area (Å²) in [4.78, 5) is 14.0. The molecule has 0 aliphatic carbocycles. The Morgan fingerprint density at radius 1 is 1.17 bits per heavy atom. The first-order valence-corrected chi connectivity index (χ1v) is 11.0. The number of likely N-dealkylation sites (tertiary alicyclic amines) is 1. The van der Waals surface area contributed by atoms with Crippen molar-refractivity contribution in [2.45, 2.75) is 63.9 Å². The molecule has 29 heavy (non-hydrogen) atoms. The average Bonchev–Trinajstić information content (AvgIpc) is 2.60. The largest absolute Gasteiger partial charge is 0.416 e. The zero-order valence-corrected chi connectivity index (χ0v) is 17.9. The second-order valence-electron chi connectivity index (χ2n) is 8.15. The van der Waals surface area contributed by atoms with Gasteiger partial charge in [-0.3, -0.25) is 0 Å². The second-order valence-corrected chi connectivity index (χ2v) is 10.6. The number of amides is 2. The molecule has 0 unspecified atom stereocenters. The van der Waals surface area contributed by atoms with Crippen LogP contribution in [0.4, 0.5) is 23.7 Å². The summed E-state index contributed by atoms with van der Waals surface area (Å²) in [7, 11) is -3.47. The minimum absolute atomic E-state index is 0.116. The highest BCUT2D eigenvalue weighted by molar-refractivity contribution is 7.90. The minimum atomic E-state index is -4.43. The van der Waals surface area contributed by atoms with Gasteiger partial charge < -0.3 is 10.2 Å². The lowest BCUT2D eigenvalue weighted by atomic mass is 10.0. The first kappa shape index (κ1) is 23.5. The Morgan fingerprint density at radius 3 is 2.24 bits per heavy atom. The van der Waals surface area contributed by atoms with Gasteiger partial charge in [0.15, 0.2) is 0 Å². The lowest BCUT2D eigenvalue weighted by Gasteiger charge is -2.33. The fourth-order valence-electron chi connectivity index (χ4n) is 3.04. The van der Waals surface area contributed by atoms with Crippen LogP contribution in [0.1, 0.15) is 51.7 Å². The van der Waals surface area contributed by atoms with Crippen molar-refractivity contribution in [1.29, 1.82) is 0 Å². The summed E-state index contributed by atoms with van der Waals surface area (Å²) in [6, 6.07) is 2.89. The molecule has 0 spiro atoms. The number of benzene rings is 1. The van der Waals surface area contributed by atoms with Gasteiger partial charge in [-0.2, -0.15) is 13.2 Å². The normalized spacial score (nSPS) is 16.7. The molecule has 164 valence electrons. The molecule has 1 heterocycles. The number of piperidine rings is 1. The second kappa shape index (κ2) is 8.51. The van der Waals surface area contributed by atoms with Crippen molar-refractivity contribution in [2.24, 2.45) is 0 Å². The molecular weight excluding hydrogens is 407 g/mol. The monoisotopic (exact) mass is 435 g/mol. The zero-order chi connectivity index (χ0) is 22.0. The summed E-state index contributed by atoms with van der Waals surface area (Å²) in [6.45, 7) is 7.18. The molecule has 0 radical (unpaired) electrons. The Bertz CT molecular complexity index is 840. The van der Waals surface area contributed by atoms with Crippen molar-refractivity contribution in [3.8, 4) is 0 Å². The molecule has 2 rings (SSSR count). The lowest BCUT2D eigenvalue weighted by Crippen LogP contribution is -2.50. The molecule has 2 amide bonds. The molecule has 6 nitrogen and oxygen atoms in total. The van der Waals surface area contributed by atoms with Gasteiger partial charge in [0.1, 0.15) is 0 Å². The Labute approximate surface area is 169 Å². The quantitative estimate of drug-likeness (QED) is 0.751. The van der Waals surface area contributed by atoms with Crippen molar-refractivity contribution < 1.29 is 26.4 Å². The molecular formula is C19H28F3N3O3S. The van der Waals surface area contributed by atoms with Crippen LogP contribution in [0, 0.1) is 0 Å². The van der Waals surface area contributed by atoms with Crippen LogP contribution in [-0.4, -0.2) is 43.2 Å². The van der Waals surface area contributed by atoms with Gasteiger partial charge in [0.25, 0.3) is 0 Å². The third kappa shape index (κ3) is 5.85. The number of hydrogen-bond donors (Lipinski definition) is 2. The lowest BCUT2D eigenvalue weighted by molar-refractivity contribution is -0.138. The zero-order valence-electron chi connectivity index (χ0n) is 17.1. The van der Waals surface area contributed by atoms with E-state index in [0.717, 1.165) is 6.07 Å². The van der Waals surface area contributed by atoms with E-state index in [4.69, 9.17) is 0 Å². The fourth-order valence-corrected chi connectivity index (χ4v) is 4.07. The third-order valence-electron chi connectivity index (χ3n) is 4.95. The number of nitrogens with one attached hydrogen (secondary N) is 2.